The number of thioether (sulfide) groups is 1. The molecular weight excluding hydrogens is 228 g/mol. The van der Waals surface area contributed by atoms with Crippen LogP contribution in [0.5, 0.6) is 0 Å². The highest BCUT2D eigenvalue weighted by atomic mass is 32.2. The van der Waals surface area contributed by atoms with Gasteiger partial charge in [0, 0.05) is 23.8 Å². The number of hydrogen-bond acceptors (Lipinski definition) is 3. The van der Waals surface area contributed by atoms with Gasteiger partial charge in [-0.15, -0.1) is 0 Å². The van der Waals surface area contributed by atoms with Crippen LogP contribution in [0.15, 0.2) is 36.5 Å². The van der Waals surface area contributed by atoms with E-state index < -0.39 is 0 Å². The van der Waals surface area contributed by atoms with Gasteiger partial charge in [0.2, 0.25) is 0 Å². The summed E-state index contributed by atoms with van der Waals surface area (Å²) in [5.41, 5.74) is 2.25. The van der Waals surface area contributed by atoms with Crippen LogP contribution in [-0.4, -0.2) is 23.0 Å². The number of aromatic nitrogens is 1. The van der Waals surface area contributed by atoms with Gasteiger partial charge in [-0.25, -0.2) is 0 Å². The van der Waals surface area contributed by atoms with Crippen LogP contribution in [0, 0.1) is 0 Å². The van der Waals surface area contributed by atoms with Gasteiger partial charge in [0.25, 0.3) is 0 Å². The maximum atomic E-state index is 4.36. The van der Waals surface area contributed by atoms with E-state index in [-0.39, 0.29) is 0 Å². The minimum atomic E-state index is 1.03. The fourth-order valence-electron chi connectivity index (χ4n) is 1.80. The zero-order chi connectivity index (χ0) is 11.9. The smallest absolute Gasteiger partial charge is 0.0722 e. The van der Waals surface area contributed by atoms with E-state index in [0.29, 0.717) is 0 Å². The second-order valence-electron chi connectivity index (χ2n) is 3.85. The van der Waals surface area contributed by atoms with Crippen LogP contribution < -0.4 is 5.32 Å². The molecule has 0 aliphatic carbocycles. The lowest BCUT2D eigenvalue weighted by molar-refractivity contribution is 0.993. The molecule has 0 bridgehead atoms. The summed E-state index contributed by atoms with van der Waals surface area (Å²) in [6.45, 7) is 3.23. The first kappa shape index (κ1) is 12.2. The molecule has 1 aromatic carbocycles. The molecule has 17 heavy (non-hydrogen) atoms. The number of hydrogen-bond donors (Lipinski definition) is 1. The molecule has 1 N–H and O–H groups in total. The molecule has 0 saturated carbocycles. The molecular formula is C14H18N2S. The molecule has 90 valence electrons. The summed E-state index contributed by atoms with van der Waals surface area (Å²) in [5.74, 6) is 2.44. The predicted molar refractivity (Wildman–Crippen MR) is 77.8 cm³/mol. The SMILES string of the molecule is CCSCCCNc1cccc2ncccc12. The Balaban J connectivity index is 1.98. The van der Waals surface area contributed by atoms with Gasteiger partial charge in [0.1, 0.15) is 0 Å². The van der Waals surface area contributed by atoms with Crippen molar-refractivity contribution in [3.63, 3.8) is 0 Å². The molecule has 1 aromatic heterocycles. The molecule has 0 radical (unpaired) electrons. The van der Waals surface area contributed by atoms with Crippen LogP contribution in [0.2, 0.25) is 0 Å². The first-order chi connectivity index (χ1) is 8.42. The van der Waals surface area contributed by atoms with E-state index in [2.05, 4.69) is 35.4 Å². The first-order valence-corrected chi connectivity index (χ1v) is 7.22. The van der Waals surface area contributed by atoms with Gasteiger partial charge in [0.15, 0.2) is 0 Å². The average Bonchev–Trinajstić information content (AvgIpc) is 2.39. The molecule has 2 rings (SSSR count). The van der Waals surface area contributed by atoms with E-state index >= 15 is 0 Å². The second-order valence-corrected chi connectivity index (χ2v) is 5.25. The van der Waals surface area contributed by atoms with Crippen LogP contribution in [0.1, 0.15) is 13.3 Å². The maximum Gasteiger partial charge on any atom is 0.0722 e. The summed E-state index contributed by atoms with van der Waals surface area (Å²) < 4.78 is 0. The number of nitrogens with one attached hydrogen (secondary N) is 1. The summed E-state index contributed by atoms with van der Waals surface area (Å²) in [4.78, 5) is 4.36. The predicted octanol–water partition coefficient (Wildman–Crippen LogP) is 3.79. The van der Waals surface area contributed by atoms with Crippen molar-refractivity contribution in [2.24, 2.45) is 0 Å². The van der Waals surface area contributed by atoms with Crippen LogP contribution >= 0.6 is 11.8 Å². The Morgan fingerprint density at radius 2 is 2.18 bits per heavy atom. The lowest BCUT2D eigenvalue weighted by Crippen LogP contribution is -2.03. The van der Waals surface area contributed by atoms with Crippen molar-refractivity contribution in [2.75, 3.05) is 23.4 Å². The third-order valence-electron chi connectivity index (χ3n) is 2.63. The number of pyridine rings is 1. The van der Waals surface area contributed by atoms with Gasteiger partial charge in [0.05, 0.1) is 5.52 Å². The Labute approximate surface area is 107 Å². The Morgan fingerprint density at radius 1 is 1.24 bits per heavy atom. The number of nitrogens with zero attached hydrogens (tertiary/aromatic N) is 1. The van der Waals surface area contributed by atoms with Crippen LogP contribution in [0.25, 0.3) is 10.9 Å². The summed E-state index contributed by atoms with van der Waals surface area (Å²) in [6, 6.07) is 10.3. The molecule has 0 unspecified atom stereocenters. The van der Waals surface area contributed by atoms with Gasteiger partial charge in [-0.05, 0) is 42.2 Å². The molecule has 0 fully saturated rings. The van der Waals surface area contributed by atoms with Crippen LogP contribution in [0.3, 0.4) is 0 Å². The third-order valence-corrected chi connectivity index (χ3v) is 3.62. The zero-order valence-corrected chi connectivity index (χ0v) is 11.0. The molecule has 2 aromatic rings. The van der Waals surface area contributed by atoms with E-state index in [1.165, 1.54) is 29.0 Å². The van der Waals surface area contributed by atoms with Crippen molar-refractivity contribution in [2.45, 2.75) is 13.3 Å². The Morgan fingerprint density at radius 3 is 3.06 bits per heavy atom. The minimum absolute atomic E-state index is 1.03. The average molecular weight is 246 g/mol. The normalized spacial score (nSPS) is 10.6. The van der Waals surface area contributed by atoms with Gasteiger partial charge in [-0.1, -0.05) is 13.0 Å². The largest absolute Gasteiger partial charge is 0.384 e. The second kappa shape index (κ2) is 6.50. The summed E-state index contributed by atoms with van der Waals surface area (Å²) >= 11 is 1.99. The van der Waals surface area contributed by atoms with Crippen LogP contribution in [-0.2, 0) is 0 Å². The minimum Gasteiger partial charge on any atom is -0.384 e. The van der Waals surface area contributed by atoms with E-state index in [1.807, 2.05) is 30.1 Å². The van der Waals surface area contributed by atoms with Crippen molar-refractivity contribution >= 4 is 28.4 Å². The van der Waals surface area contributed by atoms with Gasteiger partial charge < -0.3 is 5.32 Å². The molecule has 1 heterocycles. The van der Waals surface area contributed by atoms with E-state index in [9.17, 15) is 0 Å². The lowest BCUT2D eigenvalue weighted by Gasteiger charge is -2.08. The Kier molecular flexibility index (Phi) is 4.68. The lowest BCUT2D eigenvalue weighted by atomic mass is 10.2. The number of fused-ring (bicyclic) bond motifs is 1. The quantitative estimate of drug-likeness (QED) is 0.785. The number of anilines is 1. The zero-order valence-electron chi connectivity index (χ0n) is 10.1. The standard InChI is InChI=1S/C14H18N2S/c1-2-17-11-5-10-16-14-8-3-7-13-12(14)6-4-9-15-13/h3-4,6-9,16H,2,5,10-11H2,1H3. The molecule has 0 saturated heterocycles. The topological polar surface area (TPSA) is 24.9 Å². The Hall–Kier alpha value is -1.22. The molecule has 3 heteroatoms. The highest BCUT2D eigenvalue weighted by molar-refractivity contribution is 7.99. The molecule has 0 amide bonds. The fraction of sp³-hybridized carbons (Fsp3) is 0.357. The Bertz CT molecular complexity index is 465. The molecule has 0 aliphatic heterocycles. The van der Waals surface area contributed by atoms with Gasteiger partial charge in [-0.2, -0.15) is 11.8 Å². The maximum absolute atomic E-state index is 4.36. The van der Waals surface area contributed by atoms with Crippen molar-refractivity contribution < 1.29 is 0 Å². The van der Waals surface area contributed by atoms with E-state index in [0.717, 1.165) is 12.1 Å². The highest BCUT2D eigenvalue weighted by Gasteiger charge is 1.99. The van der Waals surface area contributed by atoms with Gasteiger partial charge >= 0.3 is 0 Å². The van der Waals surface area contributed by atoms with Crippen molar-refractivity contribution in [3.8, 4) is 0 Å². The van der Waals surface area contributed by atoms with Gasteiger partial charge in [-0.3, -0.25) is 4.98 Å². The van der Waals surface area contributed by atoms with E-state index in [4.69, 9.17) is 0 Å². The molecule has 0 aliphatic rings. The highest BCUT2D eigenvalue weighted by Crippen LogP contribution is 2.21. The van der Waals surface area contributed by atoms with Crippen molar-refractivity contribution in [1.29, 1.82) is 0 Å². The summed E-state index contributed by atoms with van der Waals surface area (Å²) in [6.07, 6.45) is 3.04. The summed E-state index contributed by atoms with van der Waals surface area (Å²) in [7, 11) is 0. The van der Waals surface area contributed by atoms with Crippen molar-refractivity contribution in [3.05, 3.63) is 36.5 Å². The van der Waals surface area contributed by atoms with E-state index in [1.54, 1.807) is 0 Å². The first-order valence-electron chi connectivity index (χ1n) is 6.07. The number of rotatable bonds is 6. The monoisotopic (exact) mass is 246 g/mol. The molecule has 0 spiro atoms. The molecule has 2 nitrogen and oxygen atoms in total. The van der Waals surface area contributed by atoms with Crippen molar-refractivity contribution in [1.82, 2.24) is 4.98 Å². The fourth-order valence-corrected chi connectivity index (χ4v) is 2.44. The number of benzene rings is 1. The molecule has 0 atom stereocenters. The summed E-state index contributed by atoms with van der Waals surface area (Å²) in [5, 5.41) is 4.70. The van der Waals surface area contributed by atoms with Crippen LogP contribution in [0.4, 0.5) is 5.69 Å². The third kappa shape index (κ3) is 3.37.